The van der Waals surface area contributed by atoms with Crippen LogP contribution in [0.3, 0.4) is 0 Å². The minimum atomic E-state index is -0.752. The fourth-order valence-electron chi connectivity index (χ4n) is 2.73. The van der Waals surface area contributed by atoms with Crippen molar-refractivity contribution >= 4 is 22.7 Å². The fraction of sp³-hybridized carbons (Fsp3) is 0.125. The number of nitrogens with two attached hydrogens (primary N) is 1. The molecule has 1 unspecified atom stereocenters. The van der Waals surface area contributed by atoms with E-state index in [1.807, 2.05) is 18.2 Å². The van der Waals surface area contributed by atoms with E-state index in [0.29, 0.717) is 23.4 Å². The van der Waals surface area contributed by atoms with E-state index in [0.717, 1.165) is 10.1 Å². The number of oxazole rings is 1. The predicted octanol–water partition coefficient (Wildman–Crippen LogP) is 1.82. The lowest BCUT2D eigenvalue weighted by molar-refractivity contribution is 0.0730. The summed E-state index contributed by atoms with van der Waals surface area (Å²) in [6, 6.07) is 12.3. The maximum Gasteiger partial charge on any atom is 0.427 e. The largest absolute Gasteiger partial charge is 0.480 e. The van der Waals surface area contributed by atoms with Gasteiger partial charge in [0.05, 0.1) is 5.69 Å². The van der Waals surface area contributed by atoms with E-state index in [2.05, 4.69) is 0 Å². The molecule has 0 spiro atoms. The third kappa shape index (κ3) is 1.74. The highest BCUT2D eigenvalue weighted by atomic mass is 16.5. The standard InChI is InChI=1S/C16H12N2O4/c17-10-5-3-6-11-14(10)22-16(20)18(11)15(19)13-8-9-4-1-2-7-12(9)21-13/h1-7,13H,8,17H2. The van der Waals surface area contributed by atoms with E-state index in [4.69, 9.17) is 14.9 Å². The van der Waals surface area contributed by atoms with Crippen molar-refractivity contribution in [3.05, 3.63) is 58.6 Å². The van der Waals surface area contributed by atoms with Crippen molar-refractivity contribution in [2.24, 2.45) is 0 Å². The van der Waals surface area contributed by atoms with Crippen molar-refractivity contribution in [2.45, 2.75) is 12.5 Å². The van der Waals surface area contributed by atoms with Crippen molar-refractivity contribution in [1.29, 1.82) is 0 Å². The average molecular weight is 296 g/mol. The van der Waals surface area contributed by atoms with Crippen molar-refractivity contribution in [2.75, 3.05) is 5.73 Å². The molecule has 0 fully saturated rings. The Labute approximate surface area is 124 Å². The van der Waals surface area contributed by atoms with E-state index in [-0.39, 0.29) is 5.58 Å². The number of hydrogen-bond acceptors (Lipinski definition) is 5. The zero-order valence-corrected chi connectivity index (χ0v) is 11.5. The quantitative estimate of drug-likeness (QED) is 0.692. The van der Waals surface area contributed by atoms with Gasteiger partial charge in [-0.05, 0) is 23.8 Å². The number of fused-ring (bicyclic) bond motifs is 2. The van der Waals surface area contributed by atoms with Crippen molar-refractivity contribution < 1.29 is 13.9 Å². The van der Waals surface area contributed by atoms with Crippen LogP contribution in [0.15, 0.2) is 51.7 Å². The molecule has 1 atom stereocenters. The van der Waals surface area contributed by atoms with Crippen LogP contribution in [0.5, 0.6) is 5.75 Å². The number of hydrogen-bond donors (Lipinski definition) is 1. The van der Waals surface area contributed by atoms with Crippen LogP contribution in [-0.2, 0) is 6.42 Å². The van der Waals surface area contributed by atoms with Gasteiger partial charge in [0.1, 0.15) is 11.3 Å². The summed E-state index contributed by atoms with van der Waals surface area (Å²) in [5.74, 6) is -0.538. The Bertz CT molecular complexity index is 929. The second-order valence-corrected chi connectivity index (χ2v) is 5.16. The zero-order valence-electron chi connectivity index (χ0n) is 11.5. The Hall–Kier alpha value is -3.02. The predicted molar refractivity (Wildman–Crippen MR) is 80.1 cm³/mol. The molecular weight excluding hydrogens is 284 g/mol. The topological polar surface area (TPSA) is 87.5 Å². The Balaban J connectivity index is 1.78. The maximum atomic E-state index is 12.7. The molecule has 2 aromatic carbocycles. The number of carbonyl (C=O) groups is 1. The number of rotatable bonds is 1. The summed E-state index contributed by atoms with van der Waals surface area (Å²) in [7, 11) is 0. The molecule has 6 nitrogen and oxygen atoms in total. The lowest BCUT2D eigenvalue weighted by Crippen LogP contribution is -2.35. The van der Waals surface area contributed by atoms with Gasteiger partial charge in [-0.3, -0.25) is 4.79 Å². The maximum absolute atomic E-state index is 12.7. The van der Waals surface area contributed by atoms with E-state index in [1.165, 1.54) is 0 Å². The molecule has 0 aliphatic carbocycles. The number of para-hydroxylation sites is 2. The van der Waals surface area contributed by atoms with Gasteiger partial charge in [-0.1, -0.05) is 24.3 Å². The first kappa shape index (κ1) is 12.7. The minimum Gasteiger partial charge on any atom is -0.480 e. The number of aromatic nitrogens is 1. The van der Waals surface area contributed by atoms with Gasteiger partial charge in [-0.15, -0.1) is 0 Å². The van der Waals surface area contributed by atoms with E-state index in [9.17, 15) is 9.59 Å². The summed E-state index contributed by atoms with van der Waals surface area (Å²) in [6.45, 7) is 0. The summed E-state index contributed by atoms with van der Waals surface area (Å²) < 4.78 is 11.7. The number of benzene rings is 2. The molecular formula is C16H12N2O4. The van der Waals surface area contributed by atoms with Crippen molar-refractivity contribution in [3.63, 3.8) is 0 Å². The molecule has 3 aromatic rings. The number of anilines is 1. The first-order valence-electron chi connectivity index (χ1n) is 6.84. The lowest BCUT2D eigenvalue weighted by Gasteiger charge is -2.09. The summed E-state index contributed by atoms with van der Waals surface area (Å²) in [6.07, 6.45) is -0.312. The minimum absolute atomic E-state index is 0.219. The number of nitrogens with zero attached hydrogens (tertiary/aromatic N) is 1. The van der Waals surface area contributed by atoms with Gasteiger partial charge in [0.15, 0.2) is 11.7 Å². The van der Waals surface area contributed by atoms with Crippen LogP contribution in [0.1, 0.15) is 10.4 Å². The third-order valence-corrected chi connectivity index (χ3v) is 3.78. The van der Waals surface area contributed by atoms with Crippen LogP contribution in [-0.4, -0.2) is 16.6 Å². The highest BCUT2D eigenvalue weighted by Gasteiger charge is 2.32. The summed E-state index contributed by atoms with van der Waals surface area (Å²) in [5, 5.41) is 0. The molecule has 1 aromatic heterocycles. The first-order valence-corrected chi connectivity index (χ1v) is 6.84. The SMILES string of the molecule is Nc1cccc2c1oc(=O)n2C(=O)C1Cc2ccccc2O1. The molecule has 0 saturated carbocycles. The first-order chi connectivity index (χ1) is 10.6. The van der Waals surface area contributed by atoms with Crippen LogP contribution in [0, 0.1) is 0 Å². The molecule has 0 bridgehead atoms. The number of ether oxygens (including phenoxy) is 1. The molecule has 0 saturated heterocycles. The number of carbonyl (C=O) groups excluding carboxylic acids is 1. The summed E-state index contributed by atoms with van der Waals surface area (Å²) >= 11 is 0. The van der Waals surface area contributed by atoms with Crippen LogP contribution >= 0.6 is 0 Å². The highest BCUT2D eigenvalue weighted by Crippen LogP contribution is 2.29. The molecule has 4 rings (SSSR count). The zero-order chi connectivity index (χ0) is 15.3. The lowest BCUT2D eigenvalue weighted by atomic mass is 10.1. The van der Waals surface area contributed by atoms with E-state index in [1.54, 1.807) is 24.3 Å². The number of nitrogen functional groups attached to an aromatic ring is 1. The van der Waals surface area contributed by atoms with Gasteiger partial charge in [0.25, 0.3) is 5.91 Å². The highest BCUT2D eigenvalue weighted by molar-refractivity contribution is 5.95. The average Bonchev–Trinajstić information content (AvgIpc) is 3.08. The Kier molecular flexibility index (Phi) is 2.59. The smallest absolute Gasteiger partial charge is 0.427 e. The molecule has 110 valence electrons. The Morgan fingerprint density at radius 1 is 1.18 bits per heavy atom. The molecule has 0 radical (unpaired) electrons. The molecule has 2 N–H and O–H groups in total. The van der Waals surface area contributed by atoms with Gasteiger partial charge < -0.3 is 14.9 Å². The van der Waals surface area contributed by atoms with Gasteiger partial charge in [0.2, 0.25) is 0 Å². The Morgan fingerprint density at radius 3 is 2.82 bits per heavy atom. The normalized spacial score (nSPS) is 16.5. The molecule has 6 heteroatoms. The van der Waals surface area contributed by atoms with Crippen LogP contribution in [0.4, 0.5) is 5.69 Å². The van der Waals surface area contributed by atoms with Crippen molar-refractivity contribution in [1.82, 2.24) is 4.57 Å². The van der Waals surface area contributed by atoms with Crippen molar-refractivity contribution in [3.8, 4) is 5.75 Å². The van der Waals surface area contributed by atoms with E-state index >= 15 is 0 Å². The van der Waals surface area contributed by atoms with Gasteiger partial charge in [-0.25, -0.2) is 9.36 Å². The van der Waals surface area contributed by atoms with Gasteiger partial charge >= 0.3 is 5.76 Å². The molecule has 0 amide bonds. The van der Waals surface area contributed by atoms with Gasteiger partial charge in [-0.2, -0.15) is 0 Å². The van der Waals surface area contributed by atoms with Crippen LogP contribution in [0.25, 0.3) is 11.1 Å². The van der Waals surface area contributed by atoms with Crippen LogP contribution < -0.4 is 16.2 Å². The van der Waals surface area contributed by atoms with Gasteiger partial charge in [0, 0.05) is 6.42 Å². The molecule has 2 heterocycles. The molecule has 1 aliphatic rings. The monoisotopic (exact) mass is 296 g/mol. The fourth-order valence-corrected chi connectivity index (χ4v) is 2.73. The van der Waals surface area contributed by atoms with Crippen LogP contribution in [0.2, 0.25) is 0 Å². The summed E-state index contributed by atoms with van der Waals surface area (Å²) in [5.41, 5.74) is 7.61. The second-order valence-electron chi connectivity index (χ2n) is 5.16. The Morgan fingerprint density at radius 2 is 2.00 bits per heavy atom. The molecule has 22 heavy (non-hydrogen) atoms. The summed E-state index contributed by atoms with van der Waals surface area (Å²) in [4.78, 5) is 24.7. The third-order valence-electron chi connectivity index (χ3n) is 3.78. The second kappa shape index (κ2) is 4.49. The molecule has 1 aliphatic heterocycles. The van der Waals surface area contributed by atoms with E-state index < -0.39 is 17.8 Å².